The Bertz CT molecular complexity index is 531. The van der Waals surface area contributed by atoms with Gasteiger partial charge in [-0.25, -0.2) is 0 Å². The molecule has 2 heterocycles. The fourth-order valence-corrected chi connectivity index (χ4v) is 3.10. The standard InChI is InChI=1S/C17H23NO4/c1-20-16-6-8-21-11-14(16)18-17(19)10-12-4-5-15-13(9-12)3-2-7-22-15/h4-5,9,14,16H,2-3,6-8,10-11H2,1H3,(H,18,19)/t14-,16-/m1/s1. The van der Waals surface area contributed by atoms with Gasteiger partial charge in [-0.05, 0) is 36.5 Å². The number of carbonyl (C=O) groups excluding carboxylic acids is 1. The van der Waals surface area contributed by atoms with Crippen LogP contribution in [0.5, 0.6) is 5.75 Å². The number of rotatable bonds is 4. The molecule has 0 bridgehead atoms. The molecule has 2 aliphatic heterocycles. The molecule has 2 aliphatic rings. The Balaban J connectivity index is 1.59. The number of amides is 1. The van der Waals surface area contributed by atoms with Gasteiger partial charge in [0, 0.05) is 13.7 Å². The van der Waals surface area contributed by atoms with Crippen LogP contribution < -0.4 is 10.1 Å². The fraction of sp³-hybridized carbons (Fsp3) is 0.588. The van der Waals surface area contributed by atoms with Crippen molar-refractivity contribution in [3.8, 4) is 5.75 Å². The molecule has 1 fully saturated rings. The third kappa shape index (κ3) is 3.59. The van der Waals surface area contributed by atoms with E-state index in [1.165, 1.54) is 5.56 Å². The number of fused-ring (bicyclic) bond motifs is 1. The molecule has 2 atom stereocenters. The molecule has 5 nitrogen and oxygen atoms in total. The largest absolute Gasteiger partial charge is 0.493 e. The van der Waals surface area contributed by atoms with Gasteiger partial charge >= 0.3 is 0 Å². The minimum atomic E-state index is -0.0628. The fourth-order valence-electron chi connectivity index (χ4n) is 3.10. The molecular formula is C17H23NO4. The molecule has 0 saturated carbocycles. The van der Waals surface area contributed by atoms with E-state index in [4.69, 9.17) is 14.2 Å². The maximum Gasteiger partial charge on any atom is 0.224 e. The SMILES string of the molecule is CO[C@@H]1CCOC[C@H]1NC(=O)Cc1ccc2c(c1)CCCO2. The Labute approximate surface area is 130 Å². The minimum absolute atomic E-state index is 0.00854. The molecule has 0 aliphatic carbocycles. The van der Waals surface area contributed by atoms with Crippen molar-refractivity contribution in [3.05, 3.63) is 29.3 Å². The Morgan fingerprint density at radius 2 is 2.32 bits per heavy atom. The van der Waals surface area contributed by atoms with Gasteiger partial charge in [0.05, 0.1) is 31.8 Å². The van der Waals surface area contributed by atoms with E-state index in [1.807, 2.05) is 12.1 Å². The van der Waals surface area contributed by atoms with Crippen LogP contribution in [0.15, 0.2) is 18.2 Å². The Morgan fingerprint density at radius 1 is 1.41 bits per heavy atom. The average molecular weight is 305 g/mol. The molecule has 5 heteroatoms. The predicted octanol–water partition coefficient (Wildman–Crippen LogP) is 1.47. The van der Waals surface area contributed by atoms with E-state index in [-0.39, 0.29) is 18.1 Å². The quantitative estimate of drug-likeness (QED) is 0.915. The second-order valence-electron chi connectivity index (χ2n) is 5.88. The van der Waals surface area contributed by atoms with Crippen LogP contribution in [0.4, 0.5) is 0 Å². The van der Waals surface area contributed by atoms with Crippen molar-refractivity contribution < 1.29 is 19.0 Å². The Hall–Kier alpha value is -1.59. The van der Waals surface area contributed by atoms with E-state index in [1.54, 1.807) is 7.11 Å². The summed E-state index contributed by atoms with van der Waals surface area (Å²) in [6.07, 6.45) is 3.29. The van der Waals surface area contributed by atoms with Gasteiger partial charge in [-0.15, -0.1) is 0 Å². The highest BCUT2D eigenvalue weighted by atomic mass is 16.5. The monoisotopic (exact) mass is 305 g/mol. The molecule has 22 heavy (non-hydrogen) atoms. The lowest BCUT2D eigenvalue weighted by atomic mass is 10.0. The summed E-state index contributed by atoms with van der Waals surface area (Å²) in [5, 5.41) is 3.03. The highest BCUT2D eigenvalue weighted by molar-refractivity contribution is 5.79. The smallest absolute Gasteiger partial charge is 0.224 e. The second kappa shape index (κ2) is 7.11. The van der Waals surface area contributed by atoms with Crippen LogP contribution >= 0.6 is 0 Å². The van der Waals surface area contributed by atoms with Crippen LogP contribution in [0.2, 0.25) is 0 Å². The van der Waals surface area contributed by atoms with Crippen molar-refractivity contribution in [1.82, 2.24) is 5.32 Å². The third-order valence-corrected chi connectivity index (χ3v) is 4.28. The summed E-state index contributed by atoms with van der Waals surface area (Å²) >= 11 is 0. The van der Waals surface area contributed by atoms with Gasteiger partial charge in [-0.1, -0.05) is 12.1 Å². The van der Waals surface area contributed by atoms with Crippen LogP contribution in [-0.4, -0.2) is 45.0 Å². The van der Waals surface area contributed by atoms with Crippen LogP contribution in [0.25, 0.3) is 0 Å². The van der Waals surface area contributed by atoms with Crippen LogP contribution in [0.1, 0.15) is 24.0 Å². The molecular weight excluding hydrogens is 282 g/mol. The Kier molecular flexibility index (Phi) is 4.95. The number of hydrogen-bond acceptors (Lipinski definition) is 4. The summed E-state index contributed by atoms with van der Waals surface area (Å²) in [5.74, 6) is 0.963. The number of nitrogens with one attached hydrogen (secondary N) is 1. The van der Waals surface area contributed by atoms with E-state index >= 15 is 0 Å². The van der Waals surface area contributed by atoms with Crippen LogP contribution in [-0.2, 0) is 27.1 Å². The Morgan fingerprint density at radius 3 is 3.18 bits per heavy atom. The lowest BCUT2D eigenvalue weighted by Gasteiger charge is -2.31. The summed E-state index contributed by atoms with van der Waals surface area (Å²) in [6.45, 7) is 1.99. The highest BCUT2D eigenvalue weighted by Gasteiger charge is 2.27. The van der Waals surface area contributed by atoms with Crippen LogP contribution in [0, 0.1) is 0 Å². The first-order valence-corrected chi connectivity index (χ1v) is 7.91. The second-order valence-corrected chi connectivity index (χ2v) is 5.88. The number of ether oxygens (including phenoxy) is 3. The summed E-state index contributed by atoms with van der Waals surface area (Å²) in [5.41, 5.74) is 2.22. The first-order valence-electron chi connectivity index (χ1n) is 7.91. The zero-order valence-electron chi connectivity index (χ0n) is 13.0. The topological polar surface area (TPSA) is 56.8 Å². The van der Waals surface area contributed by atoms with Gasteiger partial charge in [0.25, 0.3) is 0 Å². The number of benzene rings is 1. The molecule has 0 aromatic heterocycles. The summed E-state index contributed by atoms with van der Waals surface area (Å²) in [7, 11) is 1.68. The summed E-state index contributed by atoms with van der Waals surface area (Å²) in [6, 6.07) is 5.96. The van der Waals surface area contributed by atoms with Gasteiger partial charge in [0.2, 0.25) is 5.91 Å². The van der Waals surface area contributed by atoms with Gasteiger partial charge in [-0.2, -0.15) is 0 Å². The molecule has 0 radical (unpaired) electrons. The number of aryl methyl sites for hydroxylation is 1. The molecule has 0 unspecified atom stereocenters. The zero-order valence-corrected chi connectivity index (χ0v) is 13.0. The van der Waals surface area contributed by atoms with Crippen molar-refractivity contribution in [2.24, 2.45) is 0 Å². The first-order chi connectivity index (χ1) is 10.8. The van der Waals surface area contributed by atoms with E-state index in [0.717, 1.165) is 37.2 Å². The minimum Gasteiger partial charge on any atom is -0.493 e. The van der Waals surface area contributed by atoms with E-state index in [0.29, 0.717) is 19.6 Å². The first kappa shape index (κ1) is 15.3. The van der Waals surface area contributed by atoms with E-state index < -0.39 is 0 Å². The summed E-state index contributed by atoms with van der Waals surface area (Å²) < 4.78 is 16.4. The zero-order chi connectivity index (χ0) is 15.4. The molecule has 1 N–H and O–H groups in total. The number of hydrogen-bond donors (Lipinski definition) is 1. The van der Waals surface area contributed by atoms with Crippen molar-refractivity contribution in [2.75, 3.05) is 26.9 Å². The predicted molar refractivity (Wildman–Crippen MR) is 82.1 cm³/mol. The maximum absolute atomic E-state index is 12.3. The van der Waals surface area contributed by atoms with Crippen molar-refractivity contribution >= 4 is 5.91 Å². The lowest BCUT2D eigenvalue weighted by Crippen LogP contribution is -2.50. The lowest BCUT2D eigenvalue weighted by molar-refractivity contribution is -0.124. The maximum atomic E-state index is 12.3. The number of methoxy groups -OCH3 is 1. The molecule has 120 valence electrons. The highest BCUT2D eigenvalue weighted by Crippen LogP contribution is 2.25. The van der Waals surface area contributed by atoms with Crippen LogP contribution in [0.3, 0.4) is 0 Å². The average Bonchev–Trinajstić information content (AvgIpc) is 2.55. The van der Waals surface area contributed by atoms with Gasteiger partial charge in [-0.3, -0.25) is 4.79 Å². The molecule has 1 amide bonds. The van der Waals surface area contributed by atoms with Gasteiger partial charge < -0.3 is 19.5 Å². The van der Waals surface area contributed by atoms with Crippen molar-refractivity contribution in [3.63, 3.8) is 0 Å². The molecule has 1 saturated heterocycles. The van der Waals surface area contributed by atoms with Gasteiger partial charge in [0.1, 0.15) is 5.75 Å². The third-order valence-electron chi connectivity index (χ3n) is 4.28. The molecule has 0 spiro atoms. The molecule has 1 aromatic rings. The van der Waals surface area contributed by atoms with E-state index in [2.05, 4.69) is 11.4 Å². The van der Waals surface area contributed by atoms with Crippen molar-refractivity contribution in [1.29, 1.82) is 0 Å². The summed E-state index contributed by atoms with van der Waals surface area (Å²) in [4.78, 5) is 12.3. The van der Waals surface area contributed by atoms with Gasteiger partial charge in [0.15, 0.2) is 0 Å². The molecule has 1 aromatic carbocycles. The van der Waals surface area contributed by atoms with E-state index in [9.17, 15) is 4.79 Å². The number of carbonyl (C=O) groups is 1. The van der Waals surface area contributed by atoms with Crippen molar-refractivity contribution in [2.45, 2.75) is 37.8 Å². The normalized spacial score (nSPS) is 24.2. The molecule has 3 rings (SSSR count).